The molecule has 0 atom stereocenters. The zero-order valence-corrected chi connectivity index (χ0v) is 15.4. The van der Waals surface area contributed by atoms with Crippen LogP contribution < -0.4 is 5.32 Å². The lowest BCUT2D eigenvalue weighted by molar-refractivity contribution is -0.115. The number of amides is 1. The lowest BCUT2D eigenvalue weighted by atomic mass is 10.1. The van der Waals surface area contributed by atoms with Crippen LogP contribution in [0.2, 0.25) is 10.0 Å². The molecule has 0 aromatic heterocycles. The van der Waals surface area contributed by atoms with E-state index in [1.807, 2.05) is 32.0 Å². The van der Waals surface area contributed by atoms with E-state index in [1.54, 1.807) is 24.3 Å². The number of hydrogen-bond donors (Lipinski definition) is 1. The van der Waals surface area contributed by atoms with Gasteiger partial charge in [-0.3, -0.25) is 4.79 Å². The van der Waals surface area contributed by atoms with Gasteiger partial charge in [0.05, 0.1) is 10.6 Å². The molecule has 1 amide bonds. The topological polar surface area (TPSA) is 41.5 Å². The summed E-state index contributed by atoms with van der Waals surface area (Å²) in [5.41, 5.74) is 3.64. The van der Waals surface area contributed by atoms with Crippen molar-refractivity contribution in [1.29, 1.82) is 0 Å². The molecule has 6 heteroatoms. The van der Waals surface area contributed by atoms with E-state index in [1.165, 1.54) is 11.8 Å². The second-order valence-corrected chi connectivity index (χ2v) is 7.25. The number of thioether (sulfide) groups is 1. The Labute approximate surface area is 154 Å². The minimum absolute atomic E-state index is 0.208. The summed E-state index contributed by atoms with van der Waals surface area (Å²) in [5, 5.41) is 4.33. The Morgan fingerprint density at radius 2 is 1.83 bits per heavy atom. The standard InChI is InChI=1S/C18H14Cl2N2OS/c1-10-6-7-11(2)15(8-10)21-18-22-17(23)16(24-18)9-12-13(19)4-3-5-14(12)20/h3-9H,1-2H3,(H,21,22,23)/b16-9-. The van der Waals surface area contributed by atoms with Crippen molar-refractivity contribution in [1.82, 2.24) is 5.32 Å². The number of aliphatic imine (C=N–C) groups is 1. The molecule has 2 aromatic carbocycles. The molecule has 1 aliphatic heterocycles. The number of hydrogen-bond acceptors (Lipinski definition) is 3. The highest BCUT2D eigenvalue weighted by atomic mass is 35.5. The molecule has 24 heavy (non-hydrogen) atoms. The van der Waals surface area contributed by atoms with Crippen LogP contribution in [-0.4, -0.2) is 11.1 Å². The highest BCUT2D eigenvalue weighted by molar-refractivity contribution is 8.18. The lowest BCUT2D eigenvalue weighted by Gasteiger charge is -2.02. The quantitative estimate of drug-likeness (QED) is 0.702. The Morgan fingerprint density at radius 3 is 2.54 bits per heavy atom. The molecule has 0 aliphatic carbocycles. The second kappa shape index (κ2) is 7.01. The summed E-state index contributed by atoms with van der Waals surface area (Å²) in [6.45, 7) is 3.99. The maximum atomic E-state index is 12.2. The van der Waals surface area contributed by atoms with Crippen molar-refractivity contribution in [2.24, 2.45) is 4.99 Å². The Kier molecular flexibility index (Phi) is 4.99. The fraction of sp³-hybridized carbons (Fsp3) is 0.111. The van der Waals surface area contributed by atoms with Crippen molar-refractivity contribution in [3.8, 4) is 0 Å². The van der Waals surface area contributed by atoms with Crippen molar-refractivity contribution < 1.29 is 4.79 Å². The number of carbonyl (C=O) groups excluding carboxylic acids is 1. The van der Waals surface area contributed by atoms with Crippen LogP contribution in [0.15, 0.2) is 46.3 Å². The predicted molar refractivity (Wildman–Crippen MR) is 103 cm³/mol. The molecule has 2 aromatic rings. The third kappa shape index (κ3) is 3.66. The van der Waals surface area contributed by atoms with E-state index in [9.17, 15) is 4.79 Å². The van der Waals surface area contributed by atoms with E-state index < -0.39 is 0 Å². The number of halogens is 2. The molecular weight excluding hydrogens is 363 g/mol. The first kappa shape index (κ1) is 17.1. The first-order valence-electron chi connectivity index (χ1n) is 7.25. The van der Waals surface area contributed by atoms with Gasteiger partial charge >= 0.3 is 0 Å². The molecule has 1 saturated heterocycles. The second-order valence-electron chi connectivity index (χ2n) is 5.41. The largest absolute Gasteiger partial charge is 0.300 e. The number of amidine groups is 1. The van der Waals surface area contributed by atoms with Gasteiger partial charge in [0.2, 0.25) is 0 Å². The minimum atomic E-state index is -0.208. The zero-order valence-electron chi connectivity index (χ0n) is 13.1. The summed E-state index contributed by atoms with van der Waals surface area (Å²) in [7, 11) is 0. The van der Waals surface area contributed by atoms with Gasteiger partial charge in [-0.15, -0.1) is 0 Å². The smallest absolute Gasteiger partial charge is 0.264 e. The number of aryl methyl sites for hydroxylation is 2. The molecule has 3 rings (SSSR count). The highest BCUT2D eigenvalue weighted by Crippen LogP contribution is 2.33. The average molecular weight is 377 g/mol. The van der Waals surface area contributed by atoms with Gasteiger partial charge in [-0.05, 0) is 61.0 Å². The summed E-state index contributed by atoms with van der Waals surface area (Å²) in [5.74, 6) is -0.208. The Balaban J connectivity index is 1.92. The van der Waals surface area contributed by atoms with Crippen LogP contribution in [-0.2, 0) is 4.79 Å². The number of rotatable bonds is 2. The van der Waals surface area contributed by atoms with Crippen LogP contribution in [0.3, 0.4) is 0 Å². The molecule has 3 nitrogen and oxygen atoms in total. The van der Waals surface area contributed by atoms with Gasteiger partial charge in [0.1, 0.15) is 0 Å². The van der Waals surface area contributed by atoms with Crippen LogP contribution >= 0.6 is 35.0 Å². The summed E-state index contributed by atoms with van der Waals surface area (Å²) < 4.78 is 0. The van der Waals surface area contributed by atoms with Crippen molar-refractivity contribution in [2.75, 3.05) is 0 Å². The van der Waals surface area contributed by atoms with Crippen LogP contribution in [0.4, 0.5) is 5.69 Å². The van der Waals surface area contributed by atoms with Crippen molar-refractivity contribution in [3.05, 3.63) is 68.0 Å². The molecule has 122 valence electrons. The molecule has 0 spiro atoms. The minimum Gasteiger partial charge on any atom is -0.300 e. The highest BCUT2D eigenvalue weighted by Gasteiger charge is 2.24. The van der Waals surface area contributed by atoms with Crippen molar-refractivity contribution in [2.45, 2.75) is 13.8 Å². The zero-order chi connectivity index (χ0) is 17.3. The summed E-state index contributed by atoms with van der Waals surface area (Å²) in [4.78, 5) is 17.2. The first-order valence-corrected chi connectivity index (χ1v) is 8.82. The van der Waals surface area contributed by atoms with Crippen LogP contribution in [0.25, 0.3) is 6.08 Å². The lowest BCUT2D eigenvalue weighted by Crippen LogP contribution is -2.19. The monoisotopic (exact) mass is 376 g/mol. The number of nitrogens with one attached hydrogen (secondary N) is 1. The van der Waals surface area contributed by atoms with E-state index in [-0.39, 0.29) is 5.91 Å². The fourth-order valence-electron chi connectivity index (χ4n) is 2.21. The maximum Gasteiger partial charge on any atom is 0.264 e. The van der Waals surface area contributed by atoms with Gasteiger partial charge in [-0.2, -0.15) is 0 Å². The third-order valence-electron chi connectivity index (χ3n) is 3.51. The predicted octanol–water partition coefficient (Wildman–Crippen LogP) is 5.50. The van der Waals surface area contributed by atoms with Gasteiger partial charge in [0, 0.05) is 15.6 Å². The molecule has 0 unspecified atom stereocenters. The fourth-order valence-corrected chi connectivity index (χ4v) is 3.53. The number of nitrogens with zero attached hydrogens (tertiary/aromatic N) is 1. The first-order chi connectivity index (χ1) is 11.4. The molecular formula is C18H14Cl2N2OS. The molecule has 0 saturated carbocycles. The van der Waals surface area contributed by atoms with Crippen LogP contribution in [0.1, 0.15) is 16.7 Å². The van der Waals surface area contributed by atoms with Gasteiger partial charge in [-0.25, -0.2) is 4.99 Å². The van der Waals surface area contributed by atoms with E-state index in [0.29, 0.717) is 25.7 Å². The molecule has 1 fully saturated rings. The van der Waals surface area contributed by atoms with Crippen LogP contribution in [0.5, 0.6) is 0 Å². The summed E-state index contributed by atoms with van der Waals surface area (Å²) in [6.07, 6.45) is 1.69. The van der Waals surface area contributed by atoms with Crippen LogP contribution in [0, 0.1) is 13.8 Å². The van der Waals surface area contributed by atoms with Gasteiger partial charge < -0.3 is 5.32 Å². The van der Waals surface area contributed by atoms with E-state index >= 15 is 0 Å². The van der Waals surface area contributed by atoms with Crippen molar-refractivity contribution >= 4 is 57.8 Å². The van der Waals surface area contributed by atoms with E-state index in [4.69, 9.17) is 23.2 Å². The van der Waals surface area contributed by atoms with Gasteiger partial charge in [-0.1, -0.05) is 41.4 Å². The average Bonchev–Trinajstić information content (AvgIpc) is 2.86. The molecule has 0 bridgehead atoms. The number of benzene rings is 2. The molecule has 0 radical (unpaired) electrons. The molecule has 1 aliphatic rings. The van der Waals surface area contributed by atoms with Gasteiger partial charge in [0.15, 0.2) is 5.17 Å². The maximum absolute atomic E-state index is 12.2. The Morgan fingerprint density at radius 1 is 1.12 bits per heavy atom. The summed E-state index contributed by atoms with van der Waals surface area (Å²) >= 11 is 13.6. The molecule has 1 heterocycles. The van der Waals surface area contributed by atoms with Crippen molar-refractivity contribution in [3.63, 3.8) is 0 Å². The third-order valence-corrected chi connectivity index (χ3v) is 5.08. The number of carbonyl (C=O) groups is 1. The van der Waals surface area contributed by atoms with Gasteiger partial charge in [0.25, 0.3) is 5.91 Å². The summed E-state index contributed by atoms with van der Waals surface area (Å²) in [6, 6.07) is 11.3. The van der Waals surface area contributed by atoms with E-state index in [2.05, 4.69) is 10.3 Å². The van der Waals surface area contributed by atoms with E-state index in [0.717, 1.165) is 16.8 Å². The molecule has 1 N–H and O–H groups in total. The normalized spacial score (nSPS) is 17.6. The Hall–Kier alpha value is -1.75. The SMILES string of the molecule is Cc1ccc(C)c(N=C2NC(=O)/C(=C/c3c(Cl)cccc3Cl)S2)c1. The Bertz CT molecular complexity index is 870.